The van der Waals surface area contributed by atoms with E-state index in [0.29, 0.717) is 55.5 Å². The van der Waals surface area contributed by atoms with Gasteiger partial charge in [-0.15, -0.1) is 11.3 Å². The van der Waals surface area contributed by atoms with E-state index >= 15 is 0 Å². The number of hydrogen-bond acceptors (Lipinski definition) is 7. The Morgan fingerprint density at radius 3 is 2.56 bits per heavy atom. The minimum absolute atomic E-state index is 0.307. The fourth-order valence-corrected chi connectivity index (χ4v) is 4.99. The normalized spacial score (nSPS) is 14.8. The lowest BCUT2D eigenvalue weighted by Gasteiger charge is -2.26. The van der Waals surface area contributed by atoms with Crippen molar-refractivity contribution < 1.29 is 9.13 Å². The van der Waals surface area contributed by atoms with Gasteiger partial charge in [0.05, 0.1) is 13.2 Å². The van der Waals surface area contributed by atoms with Gasteiger partial charge in [0.1, 0.15) is 16.5 Å². The fourth-order valence-electron chi connectivity index (χ4n) is 4.18. The number of H-pyrrole nitrogens is 1. The SMILES string of the molecule is CCCn1c(=O)[nH]c(=O)c2c1nc(-c1csc(-c3ccc(F)cc3)n1)n2CCN1CCOCC1. The molecular formula is C23H25FN6O3S. The summed E-state index contributed by atoms with van der Waals surface area (Å²) in [6, 6.07) is 6.17. The second kappa shape index (κ2) is 9.61. The summed E-state index contributed by atoms with van der Waals surface area (Å²) in [5.74, 6) is 0.229. The van der Waals surface area contributed by atoms with E-state index in [1.54, 1.807) is 12.1 Å². The third-order valence-corrected chi connectivity index (χ3v) is 6.79. The molecule has 1 aliphatic heterocycles. The van der Waals surface area contributed by atoms with Gasteiger partial charge in [0.15, 0.2) is 17.0 Å². The molecule has 4 heterocycles. The Labute approximate surface area is 198 Å². The summed E-state index contributed by atoms with van der Waals surface area (Å²) in [4.78, 5) is 39.7. The predicted octanol–water partition coefficient (Wildman–Crippen LogP) is 2.56. The van der Waals surface area contributed by atoms with E-state index in [4.69, 9.17) is 14.7 Å². The number of hydrogen-bond donors (Lipinski definition) is 1. The van der Waals surface area contributed by atoms with Crippen molar-refractivity contribution in [1.29, 1.82) is 0 Å². The highest BCUT2D eigenvalue weighted by Gasteiger charge is 2.22. The lowest BCUT2D eigenvalue weighted by Crippen LogP contribution is -2.38. The first kappa shape index (κ1) is 22.6. The number of halogens is 1. The lowest BCUT2D eigenvalue weighted by atomic mass is 10.2. The van der Waals surface area contributed by atoms with Crippen LogP contribution in [-0.4, -0.2) is 61.8 Å². The predicted molar refractivity (Wildman–Crippen MR) is 129 cm³/mol. The number of nitrogens with zero attached hydrogens (tertiary/aromatic N) is 5. The van der Waals surface area contributed by atoms with Crippen molar-refractivity contribution in [1.82, 2.24) is 29.0 Å². The number of fused-ring (bicyclic) bond motifs is 1. The van der Waals surface area contributed by atoms with E-state index in [1.807, 2.05) is 16.9 Å². The average Bonchev–Trinajstić information content (AvgIpc) is 3.47. The van der Waals surface area contributed by atoms with E-state index < -0.39 is 11.2 Å². The molecule has 1 N–H and O–H groups in total. The van der Waals surface area contributed by atoms with Gasteiger partial charge >= 0.3 is 5.69 Å². The van der Waals surface area contributed by atoms with Gasteiger partial charge in [0.2, 0.25) is 0 Å². The molecule has 3 aromatic heterocycles. The Hall–Kier alpha value is -3.15. The van der Waals surface area contributed by atoms with Crippen LogP contribution < -0.4 is 11.2 Å². The summed E-state index contributed by atoms with van der Waals surface area (Å²) >= 11 is 1.42. The molecule has 1 saturated heterocycles. The average molecular weight is 485 g/mol. The minimum atomic E-state index is -0.464. The molecular weight excluding hydrogens is 459 g/mol. The maximum atomic E-state index is 13.4. The van der Waals surface area contributed by atoms with Crippen LogP contribution in [0.15, 0.2) is 39.2 Å². The third kappa shape index (κ3) is 4.33. The van der Waals surface area contributed by atoms with Crippen LogP contribution in [0.1, 0.15) is 13.3 Å². The van der Waals surface area contributed by atoms with Gasteiger partial charge in [-0.05, 0) is 30.7 Å². The number of ether oxygens (including phenoxy) is 1. The van der Waals surface area contributed by atoms with E-state index in [2.05, 4.69) is 9.88 Å². The number of aryl methyl sites for hydroxylation is 1. The summed E-state index contributed by atoms with van der Waals surface area (Å²) < 4.78 is 22.2. The van der Waals surface area contributed by atoms with Crippen molar-refractivity contribution in [2.45, 2.75) is 26.4 Å². The smallest absolute Gasteiger partial charge is 0.330 e. The van der Waals surface area contributed by atoms with Crippen LogP contribution in [0, 0.1) is 5.82 Å². The van der Waals surface area contributed by atoms with Crippen molar-refractivity contribution in [3.63, 3.8) is 0 Å². The number of aromatic nitrogens is 5. The Kier molecular flexibility index (Phi) is 6.40. The summed E-state index contributed by atoms with van der Waals surface area (Å²) in [6.07, 6.45) is 0.725. The van der Waals surface area contributed by atoms with Gasteiger partial charge < -0.3 is 9.30 Å². The molecule has 0 spiro atoms. The number of imidazole rings is 1. The van der Waals surface area contributed by atoms with Crippen LogP contribution in [0.4, 0.5) is 4.39 Å². The summed E-state index contributed by atoms with van der Waals surface area (Å²) in [5.41, 5.74) is 1.22. The van der Waals surface area contributed by atoms with Gasteiger partial charge in [-0.3, -0.25) is 19.2 Å². The van der Waals surface area contributed by atoms with Crippen molar-refractivity contribution in [3.05, 3.63) is 56.3 Å². The monoisotopic (exact) mass is 484 g/mol. The highest BCUT2D eigenvalue weighted by Crippen LogP contribution is 2.30. The largest absolute Gasteiger partial charge is 0.379 e. The lowest BCUT2D eigenvalue weighted by molar-refractivity contribution is 0.0365. The summed E-state index contributed by atoms with van der Waals surface area (Å²) in [5, 5.41) is 2.60. The zero-order chi connectivity index (χ0) is 23.7. The van der Waals surface area contributed by atoms with E-state index in [-0.39, 0.29) is 5.82 Å². The molecule has 0 bridgehead atoms. The first-order valence-corrected chi connectivity index (χ1v) is 12.2. The summed E-state index contributed by atoms with van der Waals surface area (Å²) in [6.45, 7) is 6.65. The van der Waals surface area contributed by atoms with Crippen LogP contribution in [-0.2, 0) is 17.8 Å². The molecule has 1 fully saturated rings. The second-order valence-electron chi connectivity index (χ2n) is 8.17. The standard InChI is InChI=1S/C23H25FN6O3S/c1-2-7-30-20-18(21(31)27-23(30)32)29(9-8-28-10-12-33-13-11-28)19(26-20)17-14-34-22(25-17)15-3-5-16(24)6-4-15/h3-6,14H,2,7-13H2,1H3,(H,27,31,32). The number of rotatable bonds is 7. The van der Waals surface area contributed by atoms with Crippen molar-refractivity contribution in [2.24, 2.45) is 0 Å². The molecule has 5 rings (SSSR count). The zero-order valence-corrected chi connectivity index (χ0v) is 19.6. The van der Waals surface area contributed by atoms with Crippen molar-refractivity contribution in [3.8, 4) is 22.1 Å². The highest BCUT2D eigenvalue weighted by atomic mass is 32.1. The number of thiazole rings is 1. The molecule has 0 aliphatic carbocycles. The molecule has 1 aromatic carbocycles. The van der Waals surface area contributed by atoms with Crippen molar-refractivity contribution >= 4 is 22.5 Å². The Balaban J connectivity index is 1.61. The minimum Gasteiger partial charge on any atom is -0.379 e. The maximum Gasteiger partial charge on any atom is 0.330 e. The fraction of sp³-hybridized carbons (Fsp3) is 0.391. The third-order valence-electron chi connectivity index (χ3n) is 5.90. The number of benzene rings is 1. The van der Waals surface area contributed by atoms with Crippen molar-refractivity contribution in [2.75, 3.05) is 32.8 Å². The van der Waals surface area contributed by atoms with Crippen LogP contribution in [0.2, 0.25) is 0 Å². The molecule has 11 heteroatoms. The highest BCUT2D eigenvalue weighted by molar-refractivity contribution is 7.13. The molecule has 0 saturated carbocycles. The maximum absolute atomic E-state index is 13.4. The van der Waals surface area contributed by atoms with Crippen LogP contribution >= 0.6 is 11.3 Å². The van der Waals surface area contributed by atoms with Gasteiger partial charge in [0.25, 0.3) is 5.56 Å². The molecule has 4 aromatic rings. The molecule has 34 heavy (non-hydrogen) atoms. The zero-order valence-electron chi connectivity index (χ0n) is 18.8. The molecule has 1 aliphatic rings. The van der Waals surface area contributed by atoms with Crippen LogP contribution in [0.3, 0.4) is 0 Å². The van der Waals surface area contributed by atoms with E-state index in [9.17, 15) is 14.0 Å². The summed E-state index contributed by atoms with van der Waals surface area (Å²) in [7, 11) is 0. The quantitative estimate of drug-likeness (QED) is 0.433. The molecule has 0 radical (unpaired) electrons. The Bertz CT molecular complexity index is 1420. The Morgan fingerprint density at radius 2 is 1.82 bits per heavy atom. The van der Waals surface area contributed by atoms with Gasteiger partial charge in [0, 0.05) is 43.7 Å². The Morgan fingerprint density at radius 1 is 1.06 bits per heavy atom. The molecule has 0 unspecified atom stereocenters. The molecule has 178 valence electrons. The van der Waals surface area contributed by atoms with Gasteiger partial charge in [-0.25, -0.2) is 19.2 Å². The van der Waals surface area contributed by atoms with Gasteiger partial charge in [-0.2, -0.15) is 0 Å². The van der Waals surface area contributed by atoms with E-state index in [1.165, 1.54) is 28.0 Å². The molecule has 0 amide bonds. The first-order valence-electron chi connectivity index (χ1n) is 11.3. The number of nitrogens with one attached hydrogen (secondary N) is 1. The first-order chi connectivity index (χ1) is 16.5. The molecule has 0 atom stereocenters. The number of morpholine rings is 1. The molecule has 9 nitrogen and oxygen atoms in total. The van der Waals surface area contributed by atoms with E-state index in [0.717, 1.165) is 30.1 Å². The second-order valence-corrected chi connectivity index (χ2v) is 9.03. The number of aromatic amines is 1. The topological polar surface area (TPSA) is 98.0 Å². The van der Waals surface area contributed by atoms with Crippen LogP contribution in [0.5, 0.6) is 0 Å². The van der Waals surface area contributed by atoms with Gasteiger partial charge in [-0.1, -0.05) is 6.92 Å². The van der Waals surface area contributed by atoms with Crippen LogP contribution in [0.25, 0.3) is 33.3 Å².